The van der Waals surface area contributed by atoms with E-state index in [1.807, 2.05) is 0 Å². The molecule has 2 aliphatic rings. The third kappa shape index (κ3) is 2.76. The van der Waals surface area contributed by atoms with Crippen molar-refractivity contribution in [3.05, 3.63) is 35.4 Å². The summed E-state index contributed by atoms with van der Waals surface area (Å²) in [5, 5.41) is 10.5. The molecular formula is C17H26N2O. The van der Waals surface area contributed by atoms with E-state index in [0.29, 0.717) is 12.1 Å². The molecular weight excluding hydrogens is 248 g/mol. The van der Waals surface area contributed by atoms with Crippen molar-refractivity contribution in [3.8, 4) is 0 Å². The highest BCUT2D eigenvalue weighted by molar-refractivity contribution is 5.29. The summed E-state index contributed by atoms with van der Waals surface area (Å²) in [5.74, 6) is 0. The van der Waals surface area contributed by atoms with Gasteiger partial charge in [-0.25, -0.2) is 0 Å². The van der Waals surface area contributed by atoms with E-state index in [1.54, 1.807) is 0 Å². The van der Waals surface area contributed by atoms with Crippen LogP contribution in [-0.2, 0) is 13.0 Å². The van der Waals surface area contributed by atoms with Crippen LogP contribution in [0.15, 0.2) is 24.3 Å². The zero-order chi connectivity index (χ0) is 14.1. The summed E-state index contributed by atoms with van der Waals surface area (Å²) in [5.41, 5.74) is 2.93. The van der Waals surface area contributed by atoms with E-state index in [0.717, 1.165) is 39.0 Å². The van der Waals surface area contributed by atoms with Gasteiger partial charge in [-0.3, -0.25) is 9.80 Å². The number of aliphatic hydroxyl groups is 1. The van der Waals surface area contributed by atoms with Crippen molar-refractivity contribution in [2.24, 2.45) is 0 Å². The molecule has 0 saturated carbocycles. The van der Waals surface area contributed by atoms with Gasteiger partial charge in [-0.2, -0.15) is 0 Å². The third-order valence-corrected chi connectivity index (χ3v) is 4.94. The maximum absolute atomic E-state index is 10.5. The van der Waals surface area contributed by atoms with Gasteiger partial charge in [-0.05, 0) is 37.8 Å². The van der Waals surface area contributed by atoms with E-state index in [4.69, 9.17) is 0 Å². The molecule has 20 heavy (non-hydrogen) atoms. The second-order valence-electron chi connectivity index (χ2n) is 6.50. The van der Waals surface area contributed by atoms with Crippen LogP contribution in [0.2, 0.25) is 0 Å². The van der Waals surface area contributed by atoms with Crippen LogP contribution in [0.25, 0.3) is 0 Å². The number of rotatable bonds is 2. The number of hydrogen-bond acceptors (Lipinski definition) is 3. The fourth-order valence-corrected chi connectivity index (χ4v) is 3.64. The van der Waals surface area contributed by atoms with Gasteiger partial charge in [0.2, 0.25) is 0 Å². The van der Waals surface area contributed by atoms with Crippen LogP contribution in [0.4, 0.5) is 0 Å². The molecule has 2 unspecified atom stereocenters. The minimum Gasteiger partial charge on any atom is -0.390 e. The molecule has 0 aromatic heterocycles. The van der Waals surface area contributed by atoms with Gasteiger partial charge >= 0.3 is 0 Å². The summed E-state index contributed by atoms with van der Waals surface area (Å²) < 4.78 is 0. The second-order valence-corrected chi connectivity index (χ2v) is 6.50. The van der Waals surface area contributed by atoms with Crippen molar-refractivity contribution >= 4 is 0 Å². The lowest BCUT2D eigenvalue weighted by Crippen LogP contribution is -2.56. The van der Waals surface area contributed by atoms with Gasteiger partial charge in [0.25, 0.3) is 0 Å². The summed E-state index contributed by atoms with van der Waals surface area (Å²) in [4.78, 5) is 4.88. The molecule has 1 N–H and O–H groups in total. The minimum atomic E-state index is -0.212. The smallest absolute Gasteiger partial charge is 0.0822 e. The Hall–Kier alpha value is -0.900. The van der Waals surface area contributed by atoms with Gasteiger partial charge in [-0.15, -0.1) is 0 Å². The van der Waals surface area contributed by atoms with Gasteiger partial charge < -0.3 is 5.11 Å². The lowest BCUT2D eigenvalue weighted by molar-refractivity contribution is -0.0263. The van der Waals surface area contributed by atoms with Crippen molar-refractivity contribution < 1.29 is 5.11 Å². The summed E-state index contributed by atoms with van der Waals surface area (Å²) in [6, 6.07) is 9.60. The van der Waals surface area contributed by atoms with E-state index in [9.17, 15) is 5.11 Å². The molecule has 1 aromatic rings. The number of aliphatic hydroxyl groups excluding tert-OH is 1. The molecule has 3 nitrogen and oxygen atoms in total. The van der Waals surface area contributed by atoms with Crippen molar-refractivity contribution in [2.75, 3.05) is 19.6 Å². The maximum Gasteiger partial charge on any atom is 0.0822 e. The number of β-amino-alcohol motifs (C(OH)–C–C–N with tert-alkyl or cyclic N) is 1. The van der Waals surface area contributed by atoms with Crippen LogP contribution < -0.4 is 0 Å². The lowest BCUT2D eigenvalue weighted by atomic mass is 9.93. The van der Waals surface area contributed by atoms with Crippen LogP contribution in [-0.4, -0.2) is 52.7 Å². The monoisotopic (exact) mass is 274 g/mol. The first-order valence-electron chi connectivity index (χ1n) is 7.88. The van der Waals surface area contributed by atoms with Crippen molar-refractivity contribution in [3.63, 3.8) is 0 Å². The van der Waals surface area contributed by atoms with Gasteiger partial charge in [0, 0.05) is 38.3 Å². The van der Waals surface area contributed by atoms with E-state index in [-0.39, 0.29) is 6.10 Å². The number of benzene rings is 1. The first kappa shape index (κ1) is 14.1. The summed E-state index contributed by atoms with van der Waals surface area (Å²) >= 11 is 0. The molecule has 0 spiro atoms. The molecule has 1 fully saturated rings. The fourth-order valence-electron chi connectivity index (χ4n) is 3.64. The average Bonchev–Trinajstić information content (AvgIpc) is 2.46. The predicted molar refractivity (Wildman–Crippen MR) is 81.7 cm³/mol. The molecule has 0 aliphatic carbocycles. The zero-order valence-corrected chi connectivity index (χ0v) is 12.6. The second kappa shape index (κ2) is 5.84. The van der Waals surface area contributed by atoms with E-state index in [1.165, 1.54) is 11.1 Å². The molecule has 1 aromatic carbocycles. The summed E-state index contributed by atoms with van der Waals surface area (Å²) in [6.45, 7) is 8.44. The Kier molecular flexibility index (Phi) is 4.11. The summed E-state index contributed by atoms with van der Waals surface area (Å²) in [7, 11) is 0. The van der Waals surface area contributed by atoms with E-state index < -0.39 is 0 Å². The van der Waals surface area contributed by atoms with Gasteiger partial charge in [0.1, 0.15) is 0 Å². The Morgan fingerprint density at radius 1 is 1.15 bits per heavy atom. The normalized spacial score (nSPS) is 28.6. The molecule has 0 amide bonds. The molecule has 1 saturated heterocycles. The van der Waals surface area contributed by atoms with Gasteiger partial charge in [0.15, 0.2) is 0 Å². The molecule has 2 atom stereocenters. The Bertz CT molecular complexity index is 460. The van der Waals surface area contributed by atoms with E-state index in [2.05, 4.69) is 47.9 Å². The standard InChI is InChI=1S/C17H26N2O/c1-13(2)18-10-8-16(17(20)12-18)19-9-7-14-5-3-4-6-15(14)11-19/h3-6,13,16-17,20H,7-12H2,1-2H3. The van der Waals surface area contributed by atoms with Crippen LogP contribution >= 0.6 is 0 Å². The van der Waals surface area contributed by atoms with E-state index >= 15 is 0 Å². The molecule has 3 rings (SSSR count). The molecule has 2 heterocycles. The highest BCUT2D eigenvalue weighted by Crippen LogP contribution is 2.25. The third-order valence-electron chi connectivity index (χ3n) is 4.94. The lowest BCUT2D eigenvalue weighted by Gasteiger charge is -2.44. The Labute approximate surface area is 122 Å². The van der Waals surface area contributed by atoms with Crippen LogP contribution in [0.3, 0.4) is 0 Å². The predicted octanol–water partition coefficient (Wildman–Crippen LogP) is 1.89. The molecule has 110 valence electrons. The molecule has 0 bridgehead atoms. The minimum absolute atomic E-state index is 0.212. The number of nitrogens with zero attached hydrogens (tertiary/aromatic N) is 2. The quantitative estimate of drug-likeness (QED) is 0.892. The average molecular weight is 274 g/mol. The highest BCUT2D eigenvalue weighted by atomic mass is 16.3. The maximum atomic E-state index is 10.5. The number of piperidine rings is 1. The Balaban J connectivity index is 1.67. The van der Waals surface area contributed by atoms with Gasteiger partial charge in [-0.1, -0.05) is 24.3 Å². The number of fused-ring (bicyclic) bond motifs is 1. The van der Waals surface area contributed by atoms with Gasteiger partial charge in [0.05, 0.1) is 6.10 Å². The number of hydrogen-bond donors (Lipinski definition) is 1. The Morgan fingerprint density at radius 3 is 2.60 bits per heavy atom. The SMILES string of the molecule is CC(C)N1CCC(N2CCc3ccccc3C2)C(O)C1. The molecule has 0 radical (unpaired) electrons. The first-order valence-corrected chi connectivity index (χ1v) is 7.88. The van der Waals surface area contributed by atoms with Crippen LogP contribution in [0.5, 0.6) is 0 Å². The number of likely N-dealkylation sites (tertiary alicyclic amines) is 1. The zero-order valence-electron chi connectivity index (χ0n) is 12.6. The van der Waals surface area contributed by atoms with Crippen molar-refractivity contribution in [2.45, 2.75) is 51.4 Å². The highest BCUT2D eigenvalue weighted by Gasteiger charge is 2.34. The van der Waals surface area contributed by atoms with Crippen LogP contribution in [0.1, 0.15) is 31.4 Å². The summed E-state index contributed by atoms with van der Waals surface area (Å²) in [6.07, 6.45) is 1.99. The van der Waals surface area contributed by atoms with Crippen molar-refractivity contribution in [1.82, 2.24) is 9.80 Å². The largest absolute Gasteiger partial charge is 0.390 e. The molecule has 2 aliphatic heterocycles. The first-order chi connectivity index (χ1) is 9.65. The molecule has 3 heteroatoms. The fraction of sp³-hybridized carbons (Fsp3) is 0.647. The Morgan fingerprint density at radius 2 is 1.90 bits per heavy atom. The van der Waals surface area contributed by atoms with Crippen molar-refractivity contribution in [1.29, 1.82) is 0 Å². The topological polar surface area (TPSA) is 26.7 Å². The van der Waals surface area contributed by atoms with Crippen LogP contribution in [0, 0.1) is 0 Å².